The van der Waals surface area contributed by atoms with E-state index < -0.39 is 16.6 Å². The summed E-state index contributed by atoms with van der Waals surface area (Å²) in [7, 11) is -0.696. The van der Waals surface area contributed by atoms with Crippen molar-refractivity contribution in [2.45, 2.75) is 18.9 Å². The molecule has 1 aliphatic rings. The van der Waals surface area contributed by atoms with Crippen molar-refractivity contribution in [1.82, 2.24) is 0 Å². The standard InChI is InChI=1S/C12H13FN2OS/c13-10-5-9(8-14)6-12(7-10)15-11-1-3-17(16)4-2-11/h5-7,11,15H,1-4H2. The van der Waals surface area contributed by atoms with Gasteiger partial charge in [0, 0.05) is 34.0 Å². The van der Waals surface area contributed by atoms with Gasteiger partial charge in [-0.05, 0) is 31.0 Å². The second-order valence-corrected chi connectivity index (χ2v) is 5.80. The summed E-state index contributed by atoms with van der Waals surface area (Å²) in [6.45, 7) is 0. The fourth-order valence-corrected chi connectivity index (χ4v) is 3.21. The maximum absolute atomic E-state index is 13.2. The molecule has 90 valence electrons. The number of halogens is 1. The lowest BCUT2D eigenvalue weighted by molar-refractivity contribution is 0.617. The smallest absolute Gasteiger partial charge is 0.126 e. The quantitative estimate of drug-likeness (QED) is 0.876. The summed E-state index contributed by atoms with van der Waals surface area (Å²) in [6, 6.07) is 6.37. The first kappa shape index (κ1) is 12.1. The van der Waals surface area contributed by atoms with Crippen LogP contribution in [-0.4, -0.2) is 21.8 Å². The van der Waals surface area contributed by atoms with Crippen LogP contribution in [0.3, 0.4) is 0 Å². The zero-order chi connectivity index (χ0) is 12.3. The highest BCUT2D eigenvalue weighted by Gasteiger charge is 2.17. The lowest BCUT2D eigenvalue weighted by atomic mass is 10.1. The molecule has 0 aromatic heterocycles. The molecule has 1 saturated heterocycles. The molecule has 0 aliphatic carbocycles. The molecule has 17 heavy (non-hydrogen) atoms. The Kier molecular flexibility index (Phi) is 3.75. The van der Waals surface area contributed by atoms with Gasteiger partial charge >= 0.3 is 0 Å². The van der Waals surface area contributed by atoms with Gasteiger partial charge in [0.25, 0.3) is 0 Å². The van der Waals surface area contributed by atoms with E-state index >= 15 is 0 Å². The van der Waals surface area contributed by atoms with Crippen molar-refractivity contribution in [3.8, 4) is 6.07 Å². The van der Waals surface area contributed by atoms with E-state index in [1.165, 1.54) is 12.1 Å². The van der Waals surface area contributed by atoms with Crippen molar-refractivity contribution in [3.63, 3.8) is 0 Å². The fraction of sp³-hybridized carbons (Fsp3) is 0.417. The summed E-state index contributed by atoms with van der Waals surface area (Å²) in [6.07, 6.45) is 1.65. The van der Waals surface area contributed by atoms with Crippen LogP contribution >= 0.6 is 0 Å². The molecular formula is C12H13FN2OS. The van der Waals surface area contributed by atoms with Gasteiger partial charge in [-0.25, -0.2) is 4.39 Å². The molecule has 0 saturated carbocycles. The van der Waals surface area contributed by atoms with Crippen molar-refractivity contribution in [1.29, 1.82) is 5.26 Å². The number of benzene rings is 1. The third-order valence-corrected chi connectivity index (χ3v) is 4.17. The number of nitrogens with zero attached hydrogens (tertiary/aromatic N) is 1. The monoisotopic (exact) mass is 252 g/mol. The van der Waals surface area contributed by atoms with Gasteiger partial charge in [0.05, 0.1) is 11.6 Å². The number of rotatable bonds is 2. The van der Waals surface area contributed by atoms with Crippen molar-refractivity contribution >= 4 is 16.5 Å². The second kappa shape index (κ2) is 5.28. The third kappa shape index (κ3) is 3.27. The number of hydrogen-bond donors (Lipinski definition) is 1. The Balaban J connectivity index is 2.06. The van der Waals surface area contributed by atoms with Gasteiger partial charge in [-0.3, -0.25) is 4.21 Å². The molecule has 1 aromatic carbocycles. The number of anilines is 1. The van der Waals surface area contributed by atoms with Gasteiger partial charge in [-0.15, -0.1) is 0 Å². The number of nitriles is 1. The van der Waals surface area contributed by atoms with Crippen LogP contribution in [0, 0.1) is 17.1 Å². The van der Waals surface area contributed by atoms with Gasteiger partial charge < -0.3 is 5.32 Å². The molecule has 0 spiro atoms. The second-order valence-electron chi connectivity index (χ2n) is 4.11. The first-order valence-corrected chi connectivity index (χ1v) is 6.98. The molecule has 0 bridgehead atoms. The highest BCUT2D eigenvalue weighted by atomic mass is 32.2. The van der Waals surface area contributed by atoms with Crippen molar-refractivity contribution in [3.05, 3.63) is 29.6 Å². The summed E-state index contributed by atoms with van der Waals surface area (Å²) in [5.41, 5.74) is 0.936. The third-order valence-electron chi connectivity index (χ3n) is 2.79. The molecule has 1 fully saturated rings. The normalized spacial score (nSPS) is 24.0. The Morgan fingerprint density at radius 1 is 1.35 bits per heavy atom. The minimum atomic E-state index is -0.696. The summed E-state index contributed by atoms with van der Waals surface area (Å²) >= 11 is 0. The maximum atomic E-state index is 13.2. The van der Waals surface area contributed by atoms with E-state index in [4.69, 9.17) is 5.26 Å². The molecular weight excluding hydrogens is 239 g/mol. The molecule has 0 unspecified atom stereocenters. The van der Waals surface area contributed by atoms with Gasteiger partial charge in [0.2, 0.25) is 0 Å². The van der Waals surface area contributed by atoms with Gasteiger partial charge in [0.1, 0.15) is 5.82 Å². The van der Waals surface area contributed by atoms with Crippen LogP contribution in [0.15, 0.2) is 18.2 Å². The Labute approximate surface area is 102 Å². The fourth-order valence-electron chi connectivity index (χ4n) is 1.91. The van der Waals surface area contributed by atoms with Crippen LogP contribution < -0.4 is 5.32 Å². The Morgan fingerprint density at radius 3 is 2.71 bits per heavy atom. The summed E-state index contributed by atoms with van der Waals surface area (Å²) < 4.78 is 24.4. The zero-order valence-corrected chi connectivity index (χ0v) is 10.1. The summed E-state index contributed by atoms with van der Waals surface area (Å²) in [4.78, 5) is 0. The van der Waals surface area contributed by atoms with Crippen molar-refractivity contribution < 1.29 is 8.60 Å². The van der Waals surface area contributed by atoms with Gasteiger partial charge in [-0.2, -0.15) is 5.26 Å². The molecule has 1 aromatic rings. The van der Waals surface area contributed by atoms with E-state index in [0.717, 1.165) is 12.8 Å². The van der Waals surface area contributed by atoms with Crippen molar-refractivity contribution in [2.75, 3.05) is 16.8 Å². The SMILES string of the molecule is N#Cc1cc(F)cc(NC2CCS(=O)CC2)c1. The van der Waals surface area contributed by atoms with E-state index in [2.05, 4.69) is 5.32 Å². The van der Waals surface area contributed by atoms with E-state index in [1.807, 2.05) is 6.07 Å². The molecule has 0 amide bonds. The first-order valence-electron chi connectivity index (χ1n) is 5.49. The van der Waals surface area contributed by atoms with Crippen LogP contribution in [0.25, 0.3) is 0 Å². The van der Waals surface area contributed by atoms with E-state index in [9.17, 15) is 8.60 Å². The predicted molar refractivity (Wildman–Crippen MR) is 65.6 cm³/mol. The Morgan fingerprint density at radius 2 is 2.06 bits per heavy atom. The lowest BCUT2D eigenvalue weighted by Gasteiger charge is -2.23. The van der Waals surface area contributed by atoms with Crippen LogP contribution in [0.2, 0.25) is 0 Å². The molecule has 1 N–H and O–H groups in total. The van der Waals surface area contributed by atoms with Crippen LogP contribution in [0.4, 0.5) is 10.1 Å². The van der Waals surface area contributed by atoms with Crippen LogP contribution in [0.1, 0.15) is 18.4 Å². The topological polar surface area (TPSA) is 52.9 Å². The summed E-state index contributed by atoms with van der Waals surface area (Å²) in [5, 5.41) is 11.9. The first-order chi connectivity index (χ1) is 8.17. The highest BCUT2D eigenvalue weighted by molar-refractivity contribution is 7.85. The molecule has 2 rings (SSSR count). The van der Waals surface area contributed by atoms with E-state index in [-0.39, 0.29) is 6.04 Å². The highest BCUT2D eigenvalue weighted by Crippen LogP contribution is 2.18. The molecule has 5 heteroatoms. The maximum Gasteiger partial charge on any atom is 0.126 e. The molecule has 1 heterocycles. The molecule has 0 radical (unpaired) electrons. The summed E-state index contributed by atoms with van der Waals surface area (Å²) in [5.74, 6) is 0.974. The van der Waals surface area contributed by atoms with Crippen molar-refractivity contribution in [2.24, 2.45) is 0 Å². The van der Waals surface area contributed by atoms with Crippen LogP contribution in [0.5, 0.6) is 0 Å². The molecule has 0 atom stereocenters. The zero-order valence-electron chi connectivity index (χ0n) is 9.28. The van der Waals surface area contributed by atoms with Gasteiger partial charge in [-0.1, -0.05) is 0 Å². The van der Waals surface area contributed by atoms with E-state index in [1.54, 1.807) is 6.07 Å². The number of hydrogen-bond acceptors (Lipinski definition) is 3. The largest absolute Gasteiger partial charge is 0.382 e. The van der Waals surface area contributed by atoms with Crippen LogP contribution in [-0.2, 0) is 10.8 Å². The predicted octanol–water partition coefficient (Wildman–Crippen LogP) is 2.02. The van der Waals surface area contributed by atoms with Gasteiger partial charge in [0.15, 0.2) is 0 Å². The molecule has 3 nitrogen and oxygen atoms in total. The minimum Gasteiger partial charge on any atom is -0.382 e. The van der Waals surface area contributed by atoms with E-state index in [0.29, 0.717) is 22.8 Å². The average Bonchev–Trinajstić information content (AvgIpc) is 2.31. The Hall–Kier alpha value is -1.41. The minimum absolute atomic E-state index is 0.223. The average molecular weight is 252 g/mol. The Bertz CT molecular complexity index is 474. The number of nitrogens with one attached hydrogen (secondary N) is 1. The molecule has 1 aliphatic heterocycles. The lowest BCUT2D eigenvalue weighted by Crippen LogP contribution is -2.29.